The van der Waals surface area contributed by atoms with E-state index >= 15 is 0 Å². The normalized spacial score (nSPS) is 14.1. The molecule has 104 valence electrons. The SMILES string of the molecule is O=C(CNCc1cccnn1)N1CCc2sccc2C1. The van der Waals surface area contributed by atoms with E-state index < -0.39 is 0 Å². The highest BCUT2D eigenvalue weighted by Gasteiger charge is 2.20. The highest BCUT2D eigenvalue weighted by molar-refractivity contribution is 7.10. The Morgan fingerprint density at radius 1 is 1.45 bits per heavy atom. The van der Waals surface area contributed by atoms with E-state index in [-0.39, 0.29) is 5.91 Å². The maximum absolute atomic E-state index is 12.2. The van der Waals surface area contributed by atoms with Gasteiger partial charge < -0.3 is 10.2 Å². The molecule has 3 rings (SSSR count). The van der Waals surface area contributed by atoms with Gasteiger partial charge in [-0.1, -0.05) is 0 Å². The Labute approximate surface area is 121 Å². The Morgan fingerprint density at radius 3 is 3.25 bits per heavy atom. The number of nitrogens with one attached hydrogen (secondary N) is 1. The lowest BCUT2D eigenvalue weighted by Crippen LogP contribution is -2.40. The number of amides is 1. The fourth-order valence-corrected chi connectivity index (χ4v) is 3.19. The van der Waals surface area contributed by atoms with E-state index in [1.54, 1.807) is 17.5 Å². The summed E-state index contributed by atoms with van der Waals surface area (Å²) in [5.74, 6) is 0.144. The van der Waals surface area contributed by atoms with Gasteiger partial charge in [-0.15, -0.1) is 11.3 Å². The van der Waals surface area contributed by atoms with Gasteiger partial charge in [0.2, 0.25) is 5.91 Å². The first-order valence-electron chi connectivity index (χ1n) is 6.63. The topological polar surface area (TPSA) is 58.1 Å². The third-order valence-corrected chi connectivity index (χ3v) is 4.39. The zero-order valence-corrected chi connectivity index (χ0v) is 11.9. The average molecular weight is 288 g/mol. The fourth-order valence-electron chi connectivity index (χ4n) is 2.30. The van der Waals surface area contributed by atoms with Crippen molar-refractivity contribution in [2.45, 2.75) is 19.5 Å². The van der Waals surface area contributed by atoms with E-state index in [1.807, 2.05) is 17.0 Å². The molecule has 0 fully saturated rings. The molecule has 20 heavy (non-hydrogen) atoms. The number of fused-ring (bicyclic) bond motifs is 1. The van der Waals surface area contributed by atoms with Crippen LogP contribution in [-0.2, 0) is 24.3 Å². The first-order chi connectivity index (χ1) is 9.83. The molecule has 6 heteroatoms. The standard InChI is InChI=1S/C14H16N4OS/c19-14(9-15-8-12-2-1-5-16-17-12)18-6-3-13-11(10-18)4-7-20-13/h1-2,4-5,7,15H,3,6,8-10H2. The van der Waals surface area contributed by atoms with Crippen LogP contribution in [-0.4, -0.2) is 34.1 Å². The van der Waals surface area contributed by atoms with E-state index in [0.29, 0.717) is 13.1 Å². The zero-order valence-electron chi connectivity index (χ0n) is 11.1. The Balaban J connectivity index is 1.48. The summed E-state index contributed by atoms with van der Waals surface area (Å²) in [6, 6.07) is 5.85. The lowest BCUT2D eigenvalue weighted by atomic mass is 10.1. The summed E-state index contributed by atoms with van der Waals surface area (Å²) in [5.41, 5.74) is 2.14. The van der Waals surface area contributed by atoms with Crippen LogP contribution in [0.5, 0.6) is 0 Å². The van der Waals surface area contributed by atoms with Crippen molar-refractivity contribution in [3.63, 3.8) is 0 Å². The number of hydrogen-bond acceptors (Lipinski definition) is 5. The number of carbonyl (C=O) groups is 1. The van der Waals surface area contributed by atoms with Crippen LogP contribution in [0.25, 0.3) is 0 Å². The number of carbonyl (C=O) groups excluding carboxylic acids is 1. The summed E-state index contributed by atoms with van der Waals surface area (Å²) in [5, 5.41) is 13.0. The maximum Gasteiger partial charge on any atom is 0.236 e. The minimum atomic E-state index is 0.144. The van der Waals surface area contributed by atoms with E-state index in [4.69, 9.17) is 0 Å². The van der Waals surface area contributed by atoms with Crippen molar-refractivity contribution in [2.24, 2.45) is 0 Å². The molecule has 0 saturated heterocycles. The van der Waals surface area contributed by atoms with Gasteiger partial charge in [0.05, 0.1) is 12.2 Å². The second-order valence-corrected chi connectivity index (χ2v) is 5.75. The molecule has 5 nitrogen and oxygen atoms in total. The molecule has 0 aliphatic carbocycles. The molecular weight excluding hydrogens is 272 g/mol. The van der Waals surface area contributed by atoms with Gasteiger partial charge in [0, 0.05) is 30.7 Å². The van der Waals surface area contributed by atoms with Crippen LogP contribution in [0.15, 0.2) is 29.8 Å². The van der Waals surface area contributed by atoms with Gasteiger partial charge >= 0.3 is 0 Å². The zero-order chi connectivity index (χ0) is 13.8. The minimum Gasteiger partial charge on any atom is -0.337 e. The molecule has 0 aromatic carbocycles. The quantitative estimate of drug-likeness (QED) is 0.919. The summed E-state index contributed by atoms with van der Waals surface area (Å²) in [7, 11) is 0. The van der Waals surface area contributed by atoms with Gasteiger partial charge in [-0.05, 0) is 35.6 Å². The third-order valence-electron chi connectivity index (χ3n) is 3.37. The largest absolute Gasteiger partial charge is 0.337 e. The van der Waals surface area contributed by atoms with Gasteiger partial charge in [-0.25, -0.2) is 0 Å². The van der Waals surface area contributed by atoms with Gasteiger partial charge in [0.15, 0.2) is 0 Å². The first-order valence-corrected chi connectivity index (χ1v) is 7.51. The molecule has 3 heterocycles. The Bertz CT molecular complexity index is 584. The summed E-state index contributed by atoms with van der Waals surface area (Å²) >= 11 is 1.79. The molecular formula is C14H16N4OS. The van der Waals surface area contributed by atoms with Crippen molar-refractivity contribution in [3.05, 3.63) is 45.9 Å². The summed E-state index contributed by atoms with van der Waals surface area (Å²) < 4.78 is 0. The molecule has 0 saturated carbocycles. The van der Waals surface area contributed by atoms with E-state index in [9.17, 15) is 4.79 Å². The lowest BCUT2D eigenvalue weighted by molar-refractivity contribution is -0.131. The fraction of sp³-hybridized carbons (Fsp3) is 0.357. The second kappa shape index (κ2) is 6.11. The van der Waals surface area contributed by atoms with Gasteiger partial charge in [-0.3, -0.25) is 4.79 Å². The Hall–Kier alpha value is -1.79. The van der Waals surface area contributed by atoms with Crippen molar-refractivity contribution in [2.75, 3.05) is 13.1 Å². The van der Waals surface area contributed by atoms with Crippen LogP contribution in [0, 0.1) is 0 Å². The van der Waals surface area contributed by atoms with Gasteiger partial charge in [0.25, 0.3) is 0 Å². The van der Waals surface area contributed by atoms with E-state index in [1.165, 1.54) is 10.4 Å². The van der Waals surface area contributed by atoms with Crippen molar-refractivity contribution < 1.29 is 4.79 Å². The Morgan fingerprint density at radius 2 is 2.40 bits per heavy atom. The van der Waals surface area contributed by atoms with Crippen LogP contribution < -0.4 is 5.32 Å². The number of thiophene rings is 1. The lowest BCUT2D eigenvalue weighted by Gasteiger charge is -2.27. The van der Waals surface area contributed by atoms with Crippen LogP contribution >= 0.6 is 11.3 Å². The van der Waals surface area contributed by atoms with Crippen molar-refractivity contribution in [1.82, 2.24) is 20.4 Å². The van der Waals surface area contributed by atoms with Crippen molar-refractivity contribution in [3.8, 4) is 0 Å². The predicted molar refractivity (Wildman–Crippen MR) is 77.2 cm³/mol. The summed E-state index contributed by atoms with van der Waals surface area (Å²) in [6.45, 7) is 2.47. The van der Waals surface area contributed by atoms with Crippen LogP contribution in [0.4, 0.5) is 0 Å². The molecule has 1 amide bonds. The van der Waals surface area contributed by atoms with Crippen LogP contribution in [0.3, 0.4) is 0 Å². The molecule has 1 aliphatic rings. The molecule has 2 aromatic heterocycles. The number of rotatable bonds is 4. The molecule has 0 spiro atoms. The minimum absolute atomic E-state index is 0.144. The second-order valence-electron chi connectivity index (χ2n) is 4.75. The van der Waals surface area contributed by atoms with Crippen LogP contribution in [0.1, 0.15) is 16.1 Å². The highest BCUT2D eigenvalue weighted by atomic mass is 32.1. The molecule has 2 aromatic rings. The van der Waals surface area contributed by atoms with Crippen LogP contribution in [0.2, 0.25) is 0 Å². The summed E-state index contributed by atoms with van der Waals surface area (Å²) in [6.07, 6.45) is 2.61. The van der Waals surface area contributed by atoms with Crippen molar-refractivity contribution >= 4 is 17.2 Å². The Kier molecular flexibility index (Phi) is 4.03. The molecule has 0 unspecified atom stereocenters. The predicted octanol–water partition coefficient (Wildman–Crippen LogP) is 1.21. The monoisotopic (exact) mass is 288 g/mol. The third kappa shape index (κ3) is 3.02. The van der Waals surface area contributed by atoms with Gasteiger partial charge in [0.1, 0.15) is 0 Å². The van der Waals surface area contributed by atoms with E-state index in [2.05, 4.69) is 27.0 Å². The van der Waals surface area contributed by atoms with Crippen molar-refractivity contribution in [1.29, 1.82) is 0 Å². The van der Waals surface area contributed by atoms with Gasteiger partial charge in [-0.2, -0.15) is 10.2 Å². The van der Waals surface area contributed by atoms with E-state index in [0.717, 1.165) is 25.2 Å². The smallest absolute Gasteiger partial charge is 0.236 e. The maximum atomic E-state index is 12.2. The number of aromatic nitrogens is 2. The highest BCUT2D eigenvalue weighted by Crippen LogP contribution is 2.23. The molecule has 0 bridgehead atoms. The number of nitrogens with zero attached hydrogens (tertiary/aromatic N) is 3. The number of hydrogen-bond donors (Lipinski definition) is 1. The molecule has 1 aliphatic heterocycles. The average Bonchev–Trinajstić information content (AvgIpc) is 2.95. The molecule has 0 radical (unpaired) electrons. The molecule has 0 atom stereocenters. The first kappa shape index (κ1) is 13.2. The molecule has 1 N–H and O–H groups in total. The summed E-state index contributed by atoms with van der Waals surface area (Å²) in [4.78, 5) is 15.5.